The molecule has 148 valence electrons. The molecule has 29 heavy (non-hydrogen) atoms. The number of phenolic OH excluding ortho intramolecular Hbond substituents is 1. The number of rotatable bonds is 7. The standard InChI is InChI=1S/C22H21N3O4/c1-3-4-18-19(7-6-17(14(2)26)21(18)27)29-13-15-5-8-20-24-11-16(9-10-23)22(28)25(20)12-15/h5-8,11-12,27H,3-4,9,13H2,1-2H3. The van der Waals surface area contributed by atoms with Gasteiger partial charge in [0.1, 0.15) is 23.8 Å². The van der Waals surface area contributed by atoms with Gasteiger partial charge in [-0.3, -0.25) is 14.0 Å². The second-order valence-corrected chi connectivity index (χ2v) is 6.72. The lowest BCUT2D eigenvalue weighted by Gasteiger charge is -2.15. The molecule has 0 saturated carbocycles. The Hall–Kier alpha value is -3.66. The number of hydrogen-bond donors (Lipinski definition) is 1. The van der Waals surface area contributed by atoms with E-state index in [2.05, 4.69) is 4.98 Å². The predicted molar refractivity (Wildman–Crippen MR) is 107 cm³/mol. The minimum Gasteiger partial charge on any atom is -0.507 e. The number of phenols is 1. The number of carbonyl (C=O) groups excluding carboxylic acids is 1. The molecule has 0 spiro atoms. The van der Waals surface area contributed by atoms with Crippen molar-refractivity contribution in [3.8, 4) is 17.6 Å². The molecule has 1 N–H and O–H groups in total. The van der Waals surface area contributed by atoms with E-state index in [0.29, 0.717) is 28.9 Å². The number of ketones is 1. The lowest BCUT2D eigenvalue weighted by Crippen LogP contribution is -2.19. The molecule has 3 rings (SSSR count). The van der Waals surface area contributed by atoms with Gasteiger partial charge < -0.3 is 9.84 Å². The van der Waals surface area contributed by atoms with Gasteiger partial charge in [0, 0.05) is 23.5 Å². The molecule has 0 aliphatic carbocycles. The monoisotopic (exact) mass is 391 g/mol. The zero-order chi connectivity index (χ0) is 21.0. The molecule has 1 aromatic carbocycles. The van der Waals surface area contributed by atoms with Crippen molar-refractivity contribution in [3.05, 3.63) is 69.3 Å². The molecular formula is C22H21N3O4. The molecule has 2 heterocycles. The lowest BCUT2D eigenvalue weighted by molar-refractivity contribution is 0.101. The first kappa shape index (κ1) is 20.1. The van der Waals surface area contributed by atoms with Gasteiger partial charge >= 0.3 is 0 Å². The summed E-state index contributed by atoms with van der Waals surface area (Å²) in [5, 5.41) is 19.3. The second kappa shape index (κ2) is 8.57. The van der Waals surface area contributed by atoms with Crippen molar-refractivity contribution in [2.75, 3.05) is 0 Å². The maximum atomic E-state index is 12.5. The number of aromatic hydroxyl groups is 1. The number of pyridine rings is 1. The first-order valence-electron chi connectivity index (χ1n) is 9.31. The number of hydrogen-bond acceptors (Lipinski definition) is 6. The highest BCUT2D eigenvalue weighted by molar-refractivity contribution is 5.97. The lowest BCUT2D eigenvalue weighted by atomic mass is 10.0. The number of nitrogens with zero attached hydrogens (tertiary/aromatic N) is 3. The van der Waals surface area contributed by atoms with E-state index in [0.717, 1.165) is 12.0 Å². The smallest absolute Gasteiger partial charge is 0.262 e. The molecule has 0 fully saturated rings. The molecule has 7 nitrogen and oxygen atoms in total. The van der Waals surface area contributed by atoms with Crippen molar-refractivity contribution in [1.82, 2.24) is 9.38 Å². The Kier molecular flexibility index (Phi) is 5.93. The molecule has 0 atom stereocenters. The van der Waals surface area contributed by atoms with Gasteiger partial charge in [-0.15, -0.1) is 0 Å². The molecule has 0 bridgehead atoms. The fourth-order valence-corrected chi connectivity index (χ4v) is 3.14. The van der Waals surface area contributed by atoms with Crippen molar-refractivity contribution in [2.24, 2.45) is 0 Å². The Morgan fingerprint density at radius 1 is 1.31 bits per heavy atom. The number of ether oxygens (including phenoxy) is 1. The van der Waals surface area contributed by atoms with Crippen molar-refractivity contribution < 1.29 is 14.6 Å². The molecular weight excluding hydrogens is 370 g/mol. The summed E-state index contributed by atoms with van der Waals surface area (Å²) in [6.45, 7) is 3.55. The largest absolute Gasteiger partial charge is 0.507 e. The molecule has 0 radical (unpaired) electrons. The van der Waals surface area contributed by atoms with Gasteiger partial charge in [-0.2, -0.15) is 5.26 Å². The summed E-state index contributed by atoms with van der Waals surface area (Å²) < 4.78 is 7.30. The minimum atomic E-state index is -0.284. The molecule has 0 unspecified atom stereocenters. The van der Waals surface area contributed by atoms with Gasteiger partial charge in [-0.1, -0.05) is 19.4 Å². The van der Waals surface area contributed by atoms with Crippen LogP contribution in [-0.4, -0.2) is 20.3 Å². The van der Waals surface area contributed by atoms with E-state index in [1.165, 1.54) is 17.5 Å². The third kappa shape index (κ3) is 4.11. The van der Waals surface area contributed by atoms with Crippen LogP contribution in [0.4, 0.5) is 0 Å². The Morgan fingerprint density at radius 3 is 2.79 bits per heavy atom. The van der Waals surface area contributed by atoms with Crippen LogP contribution in [-0.2, 0) is 19.4 Å². The quantitative estimate of drug-likeness (QED) is 0.620. The van der Waals surface area contributed by atoms with Gasteiger partial charge in [0.15, 0.2) is 5.78 Å². The summed E-state index contributed by atoms with van der Waals surface area (Å²) >= 11 is 0. The molecule has 0 aliphatic heterocycles. The van der Waals surface area contributed by atoms with Crippen LogP contribution in [0.25, 0.3) is 5.65 Å². The summed E-state index contributed by atoms with van der Waals surface area (Å²) in [4.78, 5) is 28.4. The van der Waals surface area contributed by atoms with Crippen molar-refractivity contribution in [1.29, 1.82) is 5.26 Å². The number of fused-ring (bicyclic) bond motifs is 1. The van der Waals surface area contributed by atoms with Gasteiger partial charge in [-0.25, -0.2) is 4.98 Å². The van der Waals surface area contributed by atoms with E-state index in [1.54, 1.807) is 30.5 Å². The normalized spacial score (nSPS) is 10.7. The van der Waals surface area contributed by atoms with Crippen LogP contribution in [0, 0.1) is 11.3 Å². The predicted octanol–water partition coefficient (Wildman–Crippen LogP) is 3.20. The SMILES string of the molecule is CCCc1c(OCc2ccc3ncc(CC#N)c(=O)n3c2)ccc(C(C)=O)c1O. The van der Waals surface area contributed by atoms with Crippen LogP contribution in [0.1, 0.15) is 47.3 Å². The molecule has 0 aliphatic rings. The number of aromatic nitrogens is 2. The van der Waals surface area contributed by atoms with Gasteiger partial charge in [0.2, 0.25) is 0 Å². The summed E-state index contributed by atoms with van der Waals surface area (Å²) in [6, 6.07) is 8.70. The van der Waals surface area contributed by atoms with Crippen LogP contribution in [0.5, 0.6) is 11.5 Å². The Bertz CT molecular complexity index is 1180. The highest BCUT2D eigenvalue weighted by Gasteiger charge is 2.16. The zero-order valence-electron chi connectivity index (χ0n) is 16.3. The average molecular weight is 391 g/mol. The van der Waals surface area contributed by atoms with Gasteiger partial charge in [0.25, 0.3) is 5.56 Å². The number of carbonyl (C=O) groups is 1. The van der Waals surface area contributed by atoms with Gasteiger partial charge in [-0.05, 0) is 31.5 Å². The summed E-state index contributed by atoms with van der Waals surface area (Å²) in [7, 11) is 0. The molecule has 0 amide bonds. The topological polar surface area (TPSA) is 105 Å². The Morgan fingerprint density at radius 2 is 2.10 bits per heavy atom. The van der Waals surface area contributed by atoms with Crippen LogP contribution in [0.3, 0.4) is 0 Å². The highest BCUT2D eigenvalue weighted by atomic mass is 16.5. The van der Waals surface area contributed by atoms with E-state index >= 15 is 0 Å². The van der Waals surface area contributed by atoms with Gasteiger partial charge in [0.05, 0.1) is 23.6 Å². The molecule has 2 aromatic heterocycles. The maximum Gasteiger partial charge on any atom is 0.262 e. The summed E-state index contributed by atoms with van der Waals surface area (Å²) in [5.41, 5.74) is 2.13. The fraction of sp³-hybridized carbons (Fsp3) is 0.273. The summed E-state index contributed by atoms with van der Waals surface area (Å²) in [5.74, 6) is 0.246. The van der Waals surface area contributed by atoms with Crippen molar-refractivity contribution >= 4 is 11.4 Å². The first-order chi connectivity index (χ1) is 14.0. The van der Waals surface area contributed by atoms with Crippen LogP contribution >= 0.6 is 0 Å². The van der Waals surface area contributed by atoms with Crippen LogP contribution in [0.2, 0.25) is 0 Å². The van der Waals surface area contributed by atoms with E-state index in [-0.39, 0.29) is 35.7 Å². The number of nitriles is 1. The van der Waals surface area contributed by atoms with Crippen molar-refractivity contribution in [3.63, 3.8) is 0 Å². The average Bonchev–Trinajstić information content (AvgIpc) is 2.70. The van der Waals surface area contributed by atoms with Crippen LogP contribution in [0.15, 0.2) is 41.5 Å². The van der Waals surface area contributed by atoms with Crippen LogP contribution < -0.4 is 10.3 Å². The fourth-order valence-electron chi connectivity index (χ4n) is 3.14. The Labute approximate surface area is 167 Å². The minimum absolute atomic E-state index is 0.00233. The summed E-state index contributed by atoms with van der Waals surface area (Å²) in [6.07, 6.45) is 4.41. The van der Waals surface area contributed by atoms with Crippen molar-refractivity contribution in [2.45, 2.75) is 39.7 Å². The molecule has 0 saturated heterocycles. The molecule has 7 heteroatoms. The highest BCUT2D eigenvalue weighted by Crippen LogP contribution is 2.33. The van der Waals surface area contributed by atoms with E-state index in [1.807, 2.05) is 13.0 Å². The zero-order valence-corrected chi connectivity index (χ0v) is 16.3. The molecule has 3 aromatic rings. The second-order valence-electron chi connectivity index (χ2n) is 6.72. The van der Waals surface area contributed by atoms with E-state index < -0.39 is 0 Å². The van der Waals surface area contributed by atoms with E-state index in [9.17, 15) is 14.7 Å². The number of benzene rings is 1. The number of Topliss-reactive ketones (excluding diaryl/α,β-unsaturated/α-hetero) is 1. The van der Waals surface area contributed by atoms with E-state index in [4.69, 9.17) is 10.00 Å². The Balaban J connectivity index is 1.91. The maximum absolute atomic E-state index is 12.5. The first-order valence-corrected chi connectivity index (χ1v) is 9.31. The third-order valence-corrected chi connectivity index (χ3v) is 4.62. The third-order valence-electron chi connectivity index (χ3n) is 4.62.